The highest BCUT2D eigenvalue weighted by molar-refractivity contribution is 7.98. The molecular weight excluding hydrogens is 416 g/mol. The first-order chi connectivity index (χ1) is 14.6. The van der Waals surface area contributed by atoms with Crippen LogP contribution in [0.3, 0.4) is 0 Å². The lowest BCUT2D eigenvalue weighted by Gasteiger charge is -2.11. The van der Waals surface area contributed by atoms with Gasteiger partial charge in [-0.3, -0.25) is 4.57 Å². The van der Waals surface area contributed by atoms with Gasteiger partial charge in [0.05, 0.1) is 18.2 Å². The van der Waals surface area contributed by atoms with Crippen LogP contribution < -0.4 is 4.74 Å². The Morgan fingerprint density at radius 3 is 2.80 bits per heavy atom. The first kappa shape index (κ1) is 20.4. The molecule has 2 heterocycles. The summed E-state index contributed by atoms with van der Waals surface area (Å²) >= 11 is 8.03. The van der Waals surface area contributed by atoms with E-state index in [1.165, 1.54) is 0 Å². The SMILES string of the molecule is C=CCn1c(SCc2cc3ccc(C)cc3nc2Cl)nnc1-c1ccccc1OC. The summed E-state index contributed by atoms with van der Waals surface area (Å²) in [5.41, 5.74) is 3.92. The van der Waals surface area contributed by atoms with Gasteiger partial charge in [0.2, 0.25) is 0 Å². The van der Waals surface area contributed by atoms with Crippen molar-refractivity contribution in [1.29, 1.82) is 0 Å². The van der Waals surface area contributed by atoms with E-state index in [0.717, 1.165) is 44.3 Å². The third-order valence-electron chi connectivity index (χ3n) is 4.73. The Bertz CT molecular complexity index is 1220. The molecule has 4 aromatic rings. The number of fused-ring (bicyclic) bond motifs is 1. The average molecular weight is 437 g/mol. The monoisotopic (exact) mass is 436 g/mol. The molecule has 2 aromatic carbocycles. The van der Waals surface area contributed by atoms with Gasteiger partial charge >= 0.3 is 0 Å². The number of thioether (sulfide) groups is 1. The third-order valence-corrected chi connectivity index (χ3v) is 6.08. The fraction of sp³-hybridized carbons (Fsp3) is 0.174. The number of para-hydroxylation sites is 1. The smallest absolute Gasteiger partial charge is 0.192 e. The van der Waals surface area contributed by atoms with Gasteiger partial charge < -0.3 is 4.74 Å². The van der Waals surface area contributed by atoms with E-state index in [4.69, 9.17) is 16.3 Å². The quantitative estimate of drug-likeness (QED) is 0.204. The van der Waals surface area contributed by atoms with Crippen LogP contribution in [0.5, 0.6) is 5.75 Å². The van der Waals surface area contributed by atoms with Gasteiger partial charge in [-0.15, -0.1) is 16.8 Å². The molecule has 0 unspecified atom stereocenters. The summed E-state index contributed by atoms with van der Waals surface area (Å²) in [6, 6.07) is 16.1. The number of rotatable bonds is 7. The Kier molecular flexibility index (Phi) is 6.06. The van der Waals surface area contributed by atoms with Gasteiger partial charge in [-0.1, -0.05) is 53.7 Å². The maximum atomic E-state index is 6.46. The van der Waals surface area contributed by atoms with Crippen LogP contribution in [0.15, 0.2) is 66.3 Å². The number of methoxy groups -OCH3 is 1. The summed E-state index contributed by atoms with van der Waals surface area (Å²) in [5, 5.41) is 11.2. The summed E-state index contributed by atoms with van der Waals surface area (Å²) in [4.78, 5) is 4.56. The number of aryl methyl sites for hydroxylation is 1. The molecule has 0 radical (unpaired) electrons. The van der Waals surface area contributed by atoms with Crippen molar-refractivity contribution >= 4 is 34.3 Å². The molecule has 0 saturated heterocycles. The van der Waals surface area contributed by atoms with E-state index in [-0.39, 0.29) is 0 Å². The van der Waals surface area contributed by atoms with Gasteiger partial charge in [0, 0.05) is 23.2 Å². The maximum Gasteiger partial charge on any atom is 0.192 e. The first-order valence-electron chi connectivity index (χ1n) is 9.46. The van der Waals surface area contributed by atoms with E-state index in [2.05, 4.69) is 40.0 Å². The van der Waals surface area contributed by atoms with E-state index in [9.17, 15) is 0 Å². The van der Waals surface area contributed by atoms with Gasteiger partial charge in [-0.25, -0.2) is 4.98 Å². The van der Waals surface area contributed by atoms with Gasteiger partial charge in [-0.05, 0) is 36.8 Å². The molecule has 5 nitrogen and oxygen atoms in total. The van der Waals surface area contributed by atoms with Crippen LogP contribution in [-0.4, -0.2) is 26.9 Å². The minimum atomic E-state index is 0.514. The highest BCUT2D eigenvalue weighted by Crippen LogP contribution is 2.33. The van der Waals surface area contributed by atoms with Gasteiger partial charge in [-0.2, -0.15) is 0 Å². The molecular formula is C23H21ClN4OS. The largest absolute Gasteiger partial charge is 0.496 e. The van der Waals surface area contributed by atoms with E-state index in [1.54, 1.807) is 18.9 Å². The Labute approximate surface area is 184 Å². The van der Waals surface area contributed by atoms with Crippen molar-refractivity contribution in [2.45, 2.75) is 24.4 Å². The minimum absolute atomic E-state index is 0.514. The Balaban J connectivity index is 1.65. The van der Waals surface area contributed by atoms with Crippen LogP contribution in [0.4, 0.5) is 0 Å². The summed E-state index contributed by atoms with van der Waals surface area (Å²) in [5.74, 6) is 2.13. The van der Waals surface area contributed by atoms with Crippen molar-refractivity contribution in [1.82, 2.24) is 19.7 Å². The van der Waals surface area contributed by atoms with Gasteiger partial charge in [0.15, 0.2) is 11.0 Å². The number of halogens is 1. The molecule has 4 rings (SSSR count). The minimum Gasteiger partial charge on any atom is -0.496 e. The molecule has 0 N–H and O–H groups in total. The zero-order valence-corrected chi connectivity index (χ0v) is 18.4. The topological polar surface area (TPSA) is 52.8 Å². The lowest BCUT2D eigenvalue weighted by molar-refractivity contribution is 0.416. The third kappa shape index (κ3) is 4.06. The number of hydrogen-bond acceptors (Lipinski definition) is 5. The van der Waals surface area contributed by atoms with Gasteiger partial charge in [0.1, 0.15) is 10.9 Å². The summed E-state index contributed by atoms with van der Waals surface area (Å²) in [7, 11) is 1.65. The van der Waals surface area contributed by atoms with Crippen LogP contribution in [0.2, 0.25) is 5.15 Å². The molecule has 0 aliphatic heterocycles. The molecule has 0 fully saturated rings. The molecule has 0 bridgehead atoms. The Hall–Kier alpha value is -2.83. The molecule has 7 heteroatoms. The molecule has 30 heavy (non-hydrogen) atoms. The molecule has 0 aliphatic carbocycles. The van der Waals surface area contributed by atoms with Crippen LogP contribution >= 0.6 is 23.4 Å². The predicted octanol–water partition coefficient (Wildman–Crippen LogP) is 5.94. The zero-order valence-electron chi connectivity index (χ0n) is 16.8. The Morgan fingerprint density at radius 1 is 1.17 bits per heavy atom. The molecule has 152 valence electrons. The summed E-state index contributed by atoms with van der Waals surface area (Å²) < 4.78 is 7.53. The van der Waals surface area contributed by atoms with Crippen LogP contribution in [0.1, 0.15) is 11.1 Å². The number of allylic oxidation sites excluding steroid dienone is 1. The number of pyridine rings is 1. The number of nitrogens with zero attached hydrogens (tertiary/aromatic N) is 4. The van der Waals surface area contributed by atoms with Gasteiger partial charge in [0.25, 0.3) is 0 Å². The predicted molar refractivity (Wildman–Crippen MR) is 123 cm³/mol. The van der Waals surface area contributed by atoms with Crippen molar-refractivity contribution < 1.29 is 4.74 Å². The fourth-order valence-corrected chi connectivity index (χ4v) is 4.47. The lowest BCUT2D eigenvalue weighted by Crippen LogP contribution is -2.02. The fourth-order valence-electron chi connectivity index (χ4n) is 3.26. The van der Waals surface area contributed by atoms with Crippen molar-refractivity contribution in [3.05, 3.63) is 77.5 Å². The molecule has 0 aliphatic rings. The number of aromatic nitrogens is 4. The van der Waals surface area contributed by atoms with Crippen LogP contribution in [0.25, 0.3) is 22.3 Å². The standard InChI is InChI=1S/C23H21ClN4OS/c1-4-11-28-22(18-7-5-6-8-20(18)29-3)26-27-23(28)30-14-17-13-16-10-9-15(2)12-19(16)25-21(17)24/h4-10,12-13H,1,11,14H2,2-3H3. The van der Waals surface area contributed by atoms with E-state index < -0.39 is 0 Å². The zero-order chi connectivity index (χ0) is 21.1. The van der Waals surface area contributed by atoms with E-state index in [0.29, 0.717) is 17.5 Å². The van der Waals surface area contributed by atoms with Crippen molar-refractivity contribution in [3.8, 4) is 17.1 Å². The molecule has 0 atom stereocenters. The second-order valence-corrected chi connectivity index (χ2v) is 8.13. The summed E-state index contributed by atoms with van der Waals surface area (Å²) in [6.07, 6.45) is 1.83. The normalized spacial score (nSPS) is 11.0. The van der Waals surface area contributed by atoms with Crippen molar-refractivity contribution in [3.63, 3.8) is 0 Å². The highest BCUT2D eigenvalue weighted by Gasteiger charge is 2.17. The lowest BCUT2D eigenvalue weighted by atomic mass is 10.1. The van der Waals surface area contributed by atoms with E-state index >= 15 is 0 Å². The summed E-state index contributed by atoms with van der Waals surface area (Å²) in [6.45, 7) is 6.51. The molecule has 0 amide bonds. The second-order valence-electron chi connectivity index (χ2n) is 6.83. The highest BCUT2D eigenvalue weighted by atomic mass is 35.5. The number of benzene rings is 2. The molecule has 0 saturated carbocycles. The first-order valence-corrected chi connectivity index (χ1v) is 10.8. The van der Waals surface area contributed by atoms with Crippen molar-refractivity contribution in [2.24, 2.45) is 0 Å². The second kappa shape index (κ2) is 8.90. The van der Waals surface area contributed by atoms with Crippen LogP contribution in [-0.2, 0) is 12.3 Å². The van der Waals surface area contributed by atoms with E-state index in [1.807, 2.05) is 47.9 Å². The maximum absolute atomic E-state index is 6.46. The number of hydrogen-bond donors (Lipinski definition) is 0. The van der Waals surface area contributed by atoms with Crippen LogP contribution in [0, 0.1) is 6.92 Å². The Morgan fingerprint density at radius 2 is 2.00 bits per heavy atom. The van der Waals surface area contributed by atoms with Crippen molar-refractivity contribution in [2.75, 3.05) is 7.11 Å². The number of ether oxygens (including phenoxy) is 1. The molecule has 2 aromatic heterocycles. The molecule has 0 spiro atoms. The average Bonchev–Trinajstić information content (AvgIpc) is 3.15.